The first-order chi connectivity index (χ1) is 9.70. The molecule has 2 aliphatic carbocycles. The van der Waals surface area contributed by atoms with Crippen LogP contribution in [0.15, 0.2) is 0 Å². The molecule has 116 valence electrons. The van der Waals surface area contributed by atoms with Crippen LogP contribution in [0.25, 0.3) is 0 Å². The summed E-state index contributed by atoms with van der Waals surface area (Å²) in [7, 11) is 0. The van der Waals surface area contributed by atoms with Crippen LogP contribution in [-0.2, 0) is 14.3 Å². The zero-order valence-corrected chi connectivity index (χ0v) is 13.0. The summed E-state index contributed by atoms with van der Waals surface area (Å²) in [6.07, 6.45) is 8.07. The summed E-state index contributed by atoms with van der Waals surface area (Å²) in [6.45, 7) is 6.00. The van der Waals surface area contributed by atoms with Gasteiger partial charge < -0.3 is 14.8 Å². The summed E-state index contributed by atoms with van der Waals surface area (Å²) in [5, 5.41) is 3.35. The Morgan fingerprint density at radius 1 is 1.25 bits per heavy atom. The van der Waals surface area contributed by atoms with E-state index in [9.17, 15) is 4.79 Å². The van der Waals surface area contributed by atoms with Gasteiger partial charge in [-0.3, -0.25) is 4.79 Å². The van der Waals surface area contributed by atoms with Crippen molar-refractivity contribution in [3.8, 4) is 0 Å². The maximum Gasteiger partial charge on any atom is 0.326 e. The molecule has 20 heavy (non-hydrogen) atoms. The van der Waals surface area contributed by atoms with Gasteiger partial charge >= 0.3 is 5.97 Å². The van der Waals surface area contributed by atoms with Crippen molar-refractivity contribution in [3.63, 3.8) is 0 Å². The monoisotopic (exact) mass is 283 g/mol. The van der Waals surface area contributed by atoms with E-state index in [2.05, 4.69) is 5.32 Å². The van der Waals surface area contributed by atoms with Crippen LogP contribution < -0.4 is 5.32 Å². The smallest absolute Gasteiger partial charge is 0.326 e. The average molecular weight is 283 g/mol. The fourth-order valence-corrected chi connectivity index (χ4v) is 3.62. The van der Waals surface area contributed by atoms with Crippen LogP contribution in [0.2, 0.25) is 0 Å². The van der Waals surface area contributed by atoms with Gasteiger partial charge in [0.25, 0.3) is 0 Å². The molecule has 2 atom stereocenters. The second kappa shape index (κ2) is 7.41. The van der Waals surface area contributed by atoms with Crippen molar-refractivity contribution < 1.29 is 14.3 Å². The molecule has 0 amide bonds. The minimum Gasteiger partial charge on any atom is -0.465 e. The minimum absolute atomic E-state index is 0.103. The maximum atomic E-state index is 12.2. The second-order valence-electron chi connectivity index (χ2n) is 6.18. The van der Waals surface area contributed by atoms with Crippen LogP contribution in [0.5, 0.6) is 0 Å². The standard InChI is InChI=1S/C16H29NO3/c1-3-17-16(15(18)19-4-2)10-9-14(11-16)20-12-13-7-5-6-8-13/h13-14,17H,3-12H2,1-2H3. The summed E-state index contributed by atoms with van der Waals surface area (Å²) < 4.78 is 11.3. The predicted molar refractivity (Wildman–Crippen MR) is 78.6 cm³/mol. The van der Waals surface area contributed by atoms with Crippen LogP contribution in [0.3, 0.4) is 0 Å². The third kappa shape index (κ3) is 3.73. The summed E-state index contributed by atoms with van der Waals surface area (Å²) in [6, 6.07) is 0. The third-order valence-corrected chi connectivity index (χ3v) is 4.69. The van der Waals surface area contributed by atoms with Crippen molar-refractivity contribution in [3.05, 3.63) is 0 Å². The lowest BCUT2D eigenvalue weighted by Gasteiger charge is -2.27. The van der Waals surface area contributed by atoms with Crippen molar-refractivity contribution in [2.45, 2.75) is 70.4 Å². The van der Waals surface area contributed by atoms with Crippen molar-refractivity contribution in [1.29, 1.82) is 0 Å². The molecular formula is C16H29NO3. The van der Waals surface area contributed by atoms with Gasteiger partial charge in [-0.2, -0.15) is 0 Å². The van der Waals surface area contributed by atoms with E-state index in [1.165, 1.54) is 25.7 Å². The fraction of sp³-hybridized carbons (Fsp3) is 0.938. The normalized spacial score (nSPS) is 30.8. The first-order valence-corrected chi connectivity index (χ1v) is 8.24. The van der Waals surface area contributed by atoms with Gasteiger partial charge in [0.1, 0.15) is 5.54 Å². The van der Waals surface area contributed by atoms with Crippen LogP contribution >= 0.6 is 0 Å². The van der Waals surface area contributed by atoms with Gasteiger partial charge in [-0.15, -0.1) is 0 Å². The van der Waals surface area contributed by atoms with Crippen molar-refractivity contribution in [1.82, 2.24) is 5.32 Å². The Hall–Kier alpha value is -0.610. The molecule has 0 aromatic carbocycles. The molecule has 0 aliphatic heterocycles. The number of nitrogens with one attached hydrogen (secondary N) is 1. The Labute approximate surface area is 122 Å². The molecule has 0 aromatic heterocycles. The molecule has 2 fully saturated rings. The Balaban J connectivity index is 1.84. The van der Waals surface area contributed by atoms with Gasteiger partial charge in [0.15, 0.2) is 0 Å². The van der Waals surface area contributed by atoms with Gasteiger partial charge in [0, 0.05) is 13.0 Å². The SMILES string of the molecule is CCNC1(C(=O)OCC)CCC(OCC2CCCC2)C1. The highest BCUT2D eigenvalue weighted by atomic mass is 16.5. The first kappa shape index (κ1) is 15.8. The van der Waals surface area contributed by atoms with E-state index in [-0.39, 0.29) is 12.1 Å². The molecular weight excluding hydrogens is 254 g/mol. The summed E-state index contributed by atoms with van der Waals surface area (Å²) in [4.78, 5) is 12.2. The molecule has 2 rings (SSSR count). The van der Waals surface area contributed by atoms with Gasteiger partial charge in [-0.25, -0.2) is 0 Å². The quantitative estimate of drug-likeness (QED) is 0.730. The van der Waals surface area contributed by atoms with Gasteiger partial charge in [-0.05, 0) is 45.1 Å². The summed E-state index contributed by atoms with van der Waals surface area (Å²) in [5.74, 6) is 0.639. The zero-order chi connectivity index (χ0) is 14.4. The van der Waals surface area contributed by atoms with E-state index in [0.29, 0.717) is 6.61 Å². The van der Waals surface area contributed by atoms with Gasteiger partial charge in [-0.1, -0.05) is 19.8 Å². The third-order valence-electron chi connectivity index (χ3n) is 4.69. The van der Waals surface area contributed by atoms with Crippen LogP contribution in [0.4, 0.5) is 0 Å². The molecule has 0 bridgehead atoms. The van der Waals surface area contributed by atoms with Crippen molar-refractivity contribution >= 4 is 5.97 Å². The number of carbonyl (C=O) groups is 1. The van der Waals surface area contributed by atoms with E-state index in [1.54, 1.807) is 0 Å². The fourth-order valence-electron chi connectivity index (χ4n) is 3.62. The number of likely N-dealkylation sites (N-methyl/N-ethyl adjacent to an activating group) is 1. The highest BCUT2D eigenvalue weighted by molar-refractivity contribution is 5.81. The number of rotatable bonds is 7. The number of hydrogen-bond donors (Lipinski definition) is 1. The molecule has 2 unspecified atom stereocenters. The zero-order valence-electron chi connectivity index (χ0n) is 13.0. The van der Waals surface area contributed by atoms with Gasteiger partial charge in [0.05, 0.1) is 12.7 Å². The summed E-state index contributed by atoms with van der Waals surface area (Å²) >= 11 is 0. The number of esters is 1. The number of hydrogen-bond acceptors (Lipinski definition) is 4. The van der Waals surface area contributed by atoms with E-state index in [4.69, 9.17) is 9.47 Å². The molecule has 2 aliphatic rings. The molecule has 1 N–H and O–H groups in total. The molecule has 0 saturated heterocycles. The lowest BCUT2D eigenvalue weighted by Crippen LogP contribution is -2.51. The Bertz CT molecular complexity index is 315. The Kier molecular flexibility index (Phi) is 5.85. The molecule has 4 nitrogen and oxygen atoms in total. The Morgan fingerprint density at radius 3 is 2.65 bits per heavy atom. The molecule has 0 spiro atoms. The second-order valence-corrected chi connectivity index (χ2v) is 6.18. The van der Waals surface area contributed by atoms with Crippen molar-refractivity contribution in [2.24, 2.45) is 5.92 Å². The number of ether oxygens (including phenoxy) is 2. The predicted octanol–water partition coefficient (Wildman–Crippen LogP) is 2.66. The highest BCUT2D eigenvalue weighted by Gasteiger charge is 2.46. The molecule has 0 heterocycles. The summed E-state index contributed by atoms with van der Waals surface area (Å²) in [5.41, 5.74) is -0.509. The average Bonchev–Trinajstić information content (AvgIpc) is 3.07. The lowest BCUT2D eigenvalue weighted by atomic mass is 9.97. The highest BCUT2D eigenvalue weighted by Crippen LogP contribution is 2.34. The molecule has 4 heteroatoms. The Morgan fingerprint density at radius 2 is 2.00 bits per heavy atom. The molecule has 0 aromatic rings. The van der Waals surface area contributed by atoms with E-state index >= 15 is 0 Å². The number of carbonyl (C=O) groups excluding carboxylic acids is 1. The van der Waals surface area contributed by atoms with E-state index < -0.39 is 5.54 Å². The van der Waals surface area contributed by atoms with E-state index in [1.807, 2.05) is 13.8 Å². The maximum absolute atomic E-state index is 12.2. The van der Waals surface area contributed by atoms with Crippen molar-refractivity contribution in [2.75, 3.05) is 19.8 Å². The van der Waals surface area contributed by atoms with Crippen LogP contribution in [0.1, 0.15) is 58.8 Å². The van der Waals surface area contributed by atoms with E-state index in [0.717, 1.165) is 38.3 Å². The largest absolute Gasteiger partial charge is 0.465 e. The molecule has 2 saturated carbocycles. The van der Waals surface area contributed by atoms with Crippen LogP contribution in [0, 0.1) is 5.92 Å². The van der Waals surface area contributed by atoms with Gasteiger partial charge in [0.2, 0.25) is 0 Å². The topological polar surface area (TPSA) is 47.6 Å². The molecule has 0 radical (unpaired) electrons. The first-order valence-electron chi connectivity index (χ1n) is 8.24. The minimum atomic E-state index is -0.509. The lowest BCUT2D eigenvalue weighted by molar-refractivity contribution is -0.151. The van der Waals surface area contributed by atoms with Crippen LogP contribution in [-0.4, -0.2) is 37.4 Å².